The second-order valence-electron chi connectivity index (χ2n) is 5.03. The number of carbonyl (C=O) groups excluding carboxylic acids is 1. The number of likely N-dealkylation sites (tertiary alicyclic amines) is 1. The summed E-state index contributed by atoms with van der Waals surface area (Å²) < 4.78 is 5.70. The Morgan fingerprint density at radius 1 is 1.37 bits per heavy atom. The molecule has 0 aliphatic carbocycles. The highest BCUT2D eigenvalue weighted by atomic mass is 16.3. The first-order chi connectivity index (χ1) is 9.22. The number of benzene rings is 1. The molecule has 100 valence electrons. The van der Waals surface area contributed by atoms with Crippen LogP contribution in [0, 0.1) is 5.92 Å². The summed E-state index contributed by atoms with van der Waals surface area (Å²) in [4.78, 5) is 17.8. The SMILES string of the molecule is NC(=O)C1CCN(Cc2nc3ccccc3o2)CC1. The number of fused-ring (bicyclic) bond motifs is 1. The first-order valence-electron chi connectivity index (χ1n) is 6.58. The zero-order valence-electron chi connectivity index (χ0n) is 10.7. The van der Waals surface area contributed by atoms with Crippen LogP contribution >= 0.6 is 0 Å². The fraction of sp³-hybridized carbons (Fsp3) is 0.429. The van der Waals surface area contributed by atoms with Crippen LogP contribution in [0.3, 0.4) is 0 Å². The number of hydrogen-bond acceptors (Lipinski definition) is 4. The molecule has 1 fully saturated rings. The fourth-order valence-electron chi connectivity index (χ4n) is 2.55. The molecule has 3 rings (SSSR count). The van der Waals surface area contributed by atoms with Crippen LogP contribution in [0.25, 0.3) is 11.1 Å². The number of aromatic nitrogens is 1. The van der Waals surface area contributed by atoms with Gasteiger partial charge in [0.2, 0.25) is 11.8 Å². The predicted octanol–water partition coefficient (Wildman–Crippen LogP) is 1.53. The third kappa shape index (κ3) is 2.61. The molecule has 0 spiro atoms. The Balaban J connectivity index is 1.64. The molecule has 2 N–H and O–H groups in total. The van der Waals surface area contributed by atoms with Crippen LogP contribution in [0.5, 0.6) is 0 Å². The van der Waals surface area contributed by atoms with Gasteiger partial charge in [-0.25, -0.2) is 4.98 Å². The smallest absolute Gasteiger partial charge is 0.220 e. The van der Waals surface area contributed by atoms with Gasteiger partial charge in [0.05, 0.1) is 6.54 Å². The zero-order valence-corrected chi connectivity index (χ0v) is 10.7. The van der Waals surface area contributed by atoms with Crippen molar-refractivity contribution in [3.8, 4) is 0 Å². The van der Waals surface area contributed by atoms with Crippen molar-refractivity contribution in [1.82, 2.24) is 9.88 Å². The number of nitrogens with zero attached hydrogens (tertiary/aromatic N) is 2. The minimum atomic E-state index is -0.179. The second kappa shape index (κ2) is 5.01. The predicted molar refractivity (Wildman–Crippen MR) is 71.2 cm³/mol. The van der Waals surface area contributed by atoms with Crippen molar-refractivity contribution in [3.05, 3.63) is 30.2 Å². The molecular formula is C14H17N3O2. The summed E-state index contributed by atoms with van der Waals surface area (Å²) >= 11 is 0. The molecule has 0 saturated carbocycles. The molecule has 1 aliphatic rings. The molecule has 19 heavy (non-hydrogen) atoms. The third-order valence-corrected chi connectivity index (χ3v) is 3.69. The van der Waals surface area contributed by atoms with E-state index in [1.807, 2.05) is 24.3 Å². The maximum absolute atomic E-state index is 11.1. The Morgan fingerprint density at radius 3 is 2.79 bits per heavy atom. The highest BCUT2D eigenvalue weighted by Crippen LogP contribution is 2.20. The number of nitrogens with two attached hydrogens (primary N) is 1. The number of rotatable bonds is 3. The van der Waals surface area contributed by atoms with E-state index >= 15 is 0 Å². The van der Waals surface area contributed by atoms with Gasteiger partial charge in [-0.3, -0.25) is 9.69 Å². The molecule has 1 amide bonds. The van der Waals surface area contributed by atoms with Gasteiger partial charge in [-0.2, -0.15) is 0 Å². The molecular weight excluding hydrogens is 242 g/mol. The maximum Gasteiger partial charge on any atom is 0.220 e. The number of primary amides is 1. The maximum atomic E-state index is 11.1. The van der Waals surface area contributed by atoms with Gasteiger partial charge in [0.1, 0.15) is 5.52 Å². The van der Waals surface area contributed by atoms with Crippen LogP contribution in [-0.2, 0) is 11.3 Å². The second-order valence-corrected chi connectivity index (χ2v) is 5.03. The molecule has 0 radical (unpaired) electrons. The van der Waals surface area contributed by atoms with E-state index in [0.29, 0.717) is 6.54 Å². The van der Waals surface area contributed by atoms with Gasteiger partial charge in [-0.15, -0.1) is 0 Å². The Bertz CT molecular complexity index is 552. The van der Waals surface area contributed by atoms with Crippen LogP contribution in [-0.4, -0.2) is 28.9 Å². The van der Waals surface area contributed by atoms with Crippen LogP contribution < -0.4 is 5.73 Å². The number of piperidine rings is 1. The Labute approximate surface area is 111 Å². The van der Waals surface area contributed by atoms with Gasteiger partial charge in [0.25, 0.3) is 0 Å². The third-order valence-electron chi connectivity index (χ3n) is 3.69. The van der Waals surface area contributed by atoms with Crippen molar-refractivity contribution < 1.29 is 9.21 Å². The fourth-order valence-corrected chi connectivity index (χ4v) is 2.55. The summed E-state index contributed by atoms with van der Waals surface area (Å²) in [6, 6.07) is 7.76. The number of oxazole rings is 1. The van der Waals surface area contributed by atoms with Crippen LogP contribution in [0.1, 0.15) is 18.7 Å². The van der Waals surface area contributed by atoms with Crippen molar-refractivity contribution in [2.75, 3.05) is 13.1 Å². The van der Waals surface area contributed by atoms with Crippen molar-refractivity contribution in [2.24, 2.45) is 11.7 Å². The zero-order chi connectivity index (χ0) is 13.2. The van der Waals surface area contributed by atoms with Gasteiger partial charge in [0, 0.05) is 5.92 Å². The summed E-state index contributed by atoms with van der Waals surface area (Å²) in [6.45, 7) is 2.43. The number of carbonyl (C=O) groups is 1. The standard InChI is InChI=1S/C14H17N3O2/c15-14(18)10-5-7-17(8-6-10)9-13-16-11-3-1-2-4-12(11)19-13/h1-4,10H,5-9H2,(H2,15,18). The summed E-state index contributed by atoms with van der Waals surface area (Å²) in [5.41, 5.74) is 7.04. The molecule has 5 heteroatoms. The van der Waals surface area contributed by atoms with Crippen LogP contribution in [0.2, 0.25) is 0 Å². The topological polar surface area (TPSA) is 72.4 Å². The van der Waals surface area contributed by atoms with E-state index in [-0.39, 0.29) is 11.8 Å². The number of amides is 1. The largest absolute Gasteiger partial charge is 0.439 e. The highest BCUT2D eigenvalue weighted by Gasteiger charge is 2.23. The van der Waals surface area contributed by atoms with E-state index in [0.717, 1.165) is 42.9 Å². The highest BCUT2D eigenvalue weighted by molar-refractivity contribution is 5.76. The molecule has 1 aromatic carbocycles. The lowest BCUT2D eigenvalue weighted by atomic mass is 9.96. The first-order valence-corrected chi connectivity index (χ1v) is 6.58. The lowest BCUT2D eigenvalue weighted by molar-refractivity contribution is -0.123. The molecule has 0 bridgehead atoms. The van der Waals surface area contributed by atoms with Crippen molar-refractivity contribution in [3.63, 3.8) is 0 Å². The van der Waals surface area contributed by atoms with Crippen molar-refractivity contribution >= 4 is 17.0 Å². The summed E-state index contributed by atoms with van der Waals surface area (Å²) in [5.74, 6) is 0.583. The molecule has 2 heterocycles. The monoisotopic (exact) mass is 259 g/mol. The lowest BCUT2D eigenvalue weighted by Gasteiger charge is -2.29. The van der Waals surface area contributed by atoms with E-state index in [2.05, 4.69) is 9.88 Å². The average molecular weight is 259 g/mol. The summed E-state index contributed by atoms with van der Waals surface area (Å²) in [6.07, 6.45) is 1.66. The first kappa shape index (κ1) is 12.2. The van der Waals surface area contributed by atoms with Crippen LogP contribution in [0.15, 0.2) is 28.7 Å². The lowest BCUT2D eigenvalue weighted by Crippen LogP contribution is -2.38. The van der Waals surface area contributed by atoms with Gasteiger partial charge in [-0.05, 0) is 38.1 Å². The van der Waals surface area contributed by atoms with Gasteiger partial charge in [-0.1, -0.05) is 12.1 Å². The van der Waals surface area contributed by atoms with Gasteiger partial charge >= 0.3 is 0 Å². The number of para-hydroxylation sites is 2. The normalized spacial score (nSPS) is 17.9. The van der Waals surface area contributed by atoms with E-state index in [1.165, 1.54) is 0 Å². The molecule has 5 nitrogen and oxygen atoms in total. The van der Waals surface area contributed by atoms with Gasteiger partial charge < -0.3 is 10.2 Å². The molecule has 1 aliphatic heterocycles. The Kier molecular flexibility index (Phi) is 3.21. The summed E-state index contributed by atoms with van der Waals surface area (Å²) in [7, 11) is 0. The Morgan fingerprint density at radius 2 is 2.11 bits per heavy atom. The minimum Gasteiger partial charge on any atom is -0.439 e. The average Bonchev–Trinajstić information content (AvgIpc) is 2.81. The van der Waals surface area contributed by atoms with E-state index in [9.17, 15) is 4.79 Å². The van der Waals surface area contributed by atoms with Crippen LogP contribution in [0.4, 0.5) is 0 Å². The molecule has 2 aromatic rings. The number of hydrogen-bond donors (Lipinski definition) is 1. The van der Waals surface area contributed by atoms with E-state index in [4.69, 9.17) is 10.2 Å². The quantitative estimate of drug-likeness (QED) is 0.907. The van der Waals surface area contributed by atoms with E-state index < -0.39 is 0 Å². The molecule has 0 atom stereocenters. The van der Waals surface area contributed by atoms with Crippen molar-refractivity contribution in [2.45, 2.75) is 19.4 Å². The molecule has 1 saturated heterocycles. The van der Waals surface area contributed by atoms with Gasteiger partial charge in [0.15, 0.2) is 5.58 Å². The Hall–Kier alpha value is -1.88. The molecule has 1 aromatic heterocycles. The van der Waals surface area contributed by atoms with E-state index in [1.54, 1.807) is 0 Å². The van der Waals surface area contributed by atoms with Crippen molar-refractivity contribution in [1.29, 1.82) is 0 Å². The minimum absolute atomic E-state index is 0.0277. The molecule has 0 unspecified atom stereocenters. The summed E-state index contributed by atoms with van der Waals surface area (Å²) in [5, 5.41) is 0.